The zero-order chi connectivity index (χ0) is 23.0. The molecule has 3 fully saturated rings. The van der Waals surface area contributed by atoms with Crippen LogP contribution in [-0.4, -0.2) is 10.7 Å². The number of hydrogen-bond acceptors (Lipinski definition) is 1. The Kier molecular flexibility index (Phi) is 11.8. The van der Waals surface area contributed by atoms with Crippen LogP contribution in [0.1, 0.15) is 128 Å². The monoisotopic (exact) mass is 408 g/mol. The highest BCUT2D eigenvalue weighted by Crippen LogP contribution is 2.64. The van der Waals surface area contributed by atoms with Crippen LogP contribution in [0.2, 0.25) is 0 Å². The number of aliphatic hydroxyl groups is 1. The van der Waals surface area contributed by atoms with Gasteiger partial charge in [-0.25, -0.2) is 0 Å². The minimum absolute atomic E-state index is 0.336. The molecule has 0 saturated heterocycles. The van der Waals surface area contributed by atoms with Crippen molar-refractivity contribution in [3.8, 4) is 0 Å². The van der Waals surface area contributed by atoms with Gasteiger partial charge in [0.05, 0.1) is 5.60 Å². The summed E-state index contributed by atoms with van der Waals surface area (Å²) >= 11 is 0. The van der Waals surface area contributed by atoms with Crippen LogP contribution in [0.5, 0.6) is 0 Å². The normalized spacial score (nSPS) is 42.9. The van der Waals surface area contributed by atoms with Crippen LogP contribution in [-0.2, 0) is 0 Å². The molecule has 3 saturated carbocycles. The van der Waals surface area contributed by atoms with Gasteiger partial charge in [-0.1, -0.05) is 81.4 Å². The molecule has 0 radical (unpaired) electrons. The van der Waals surface area contributed by atoms with Crippen molar-refractivity contribution in [2.45, 2.75) is 133 Å². The third kappa shape index (κ3) is 5.50. The third-order valence-electron chi connectivity index (χ3n) is 9.16. The molecule has 0 spiro atoms. The maximum atomic E-state index is 10.8. The standard InChI is InChI=1S/C22H38O.3C2H6/c1-7-22(23)13-12-21(6)17(14-22)8-9-18-16(4)20(5,15(2)3)11-10-19(18)21;3*1-2/h16-19,23H,2,7-14H2,1,3-6H3;3*1-2H3/t16?,17?,18?,19?,20?,21?,22-;;;/m0.../s1. The van der Waals surface area contributed by atoms with Gasteiger partial charge in [-0.3, -0.25) is 0 Å². The van der Waals surface area contributed by atoms with Gasteiger partial charge in [0.2, 0.25) is 0 Å². The van der Waals surface area contributed by atoms with E-state index in [2.05, 4.69) is 41.2 Å². The molecule has 0 heterocycles. The van der Waals surface area contributed by atoms with E-state index in [9.17, 15) is 5.11 Å². The van der Waals surface area contributed by atoms with E-state index in [1.54, 1.807) is 0 Å². The molecule has 1 heteroatoms. The van der Waals surface area contributed by atoms with Crippen LogP contribution in [0.4, 0.5) is 0 Å². The van der Waals surface area contributed by atoms with E-state index in [1.165, 1.54) is 37.7 Å². The first-order valence-electron chi connectivity index (χ1n) is 13.0. The van der Waals surface area contributed by atoms with Gasteiger partial charge in [0.1, 0.15) is 0 Å². The highest BCUT2D eigenvalue weighted by molar-refractivity contribution is 5.14. The summed E-state index contributed by atoms with van der Waals surface area (Å²) in [4.78, 5) is 0. The number of allylic oxidation sites excluding steroid dienone is 1. The molecule has 174 valence electrons. The molecule has 7 atom stereocenters. The fourth-order valence-corrected chi connectivity index (χ4v) is 6.72. The van der Waals surface area contributed by atoms with Gasteiger partial charge in [0.25, 0.3) is 0 Å². The molecule has 6 unspecified atom stereocenters. The summed E-state index contributed by atoms with van der Waals surface area (Å²) in [5.74, 6) is 3.22. The van der Waals surface area contributed by atoms with Crippen LogP contribution in [0, 0.1) is 34.5 Å². The third-order valence-corrected chi connectivity index (χ3v) is 9.16. The fraction of sp³-hybridized carbons (Fsp3) is 0.929. The van der Waals surface area contributed by atoms with Crippen molar-refractivity contribution < 1.29 is 5.11 Å². The van der Waals surface area contributed by atoms with Gasteiger partial charge in [-0.05, 0) is 92.8 Å². The summed E-state index contributed by atoms with van der Waals surface area (Å²) in [6.45, 7) is 28.3. The van der Waals surface area contributed by atoms with Crippen LogP contribution in [0.15, 0.2) is 12.2 Å². The Bertz CT molecular complexity index is 483. The van der Waals surface area contributed by atoms with Crippen molar-refractivity contribution in [3.63, 3.8) is 0 Å². The second kappa shape index (κ2) is 11.9. The predicted octanol–water partition coefficient (Wildman–Crippen LogP) is 9.05. The Labute approximate surface area is 185 Å². The summed E-state index contributed by atoms with van der Waals surface area (Å²) in [5, 5.41) is 10.8. The Hall–Kier alpha value is -0.300. The number of hydrogen-bond donors (Lipinski definition) is 1. The molecule has 0 aromatic heterocycles. The minimum Gasteiger partial charge on any atom is -0.390 e. The smallest absolute Gasteiger partial charge is 0.0648 e. The summed E-state index contributed by atoms with van der Waals surface area (Å²) in [7, 11) is 0. The quantitative estimate of drug-likeness (QED) is 0.452. The van der Waals surface area contributed by atoms with E-state index in [1.807, 2.05) is 41.5 Å². The summed E-state index contributed by atoms with van der Waals surface area (Å²) in [6, 6.07) is 0. The summed E-state index contributed by atoms with van der Waals surface area (Å²) in [6.07, 6.45) is 9.62. The van der Waals surface area contributed by atoms with E-state index >= 15 is 0 Å². The molecule has 1 N–H and O–H groups in total. The van der Waals surface area contributed by atoms with Gasteiger partial charge >= 0.3 is 0 Å². The minimum atomic E-state index is -0.372. The van der Waals surface area contributed by atoms with Crippen LogP contribution >= 0.6 is 0 Å². The SMILES string of the molecule is C=C(C)C1(C)CCC2C(CCC3C[C@](O)(CC)CCC32C)C1C.CC.CC.CC. The van der Waals surface area contributed by atoms with Crippen LogP contribution in [0.3, 0.4) is 0 Å². The van der Waals surface area contributed by atoms with Crippen molar-refractivity contribution in [2.75, 3.05) is 0 Å². The predicted molar refractivity (Wildman–Crippen MR) is 132 cm³/mol. The van der Waals surface area contributed by atoms with E-state index < -0.39 is 0 Å². The highest BCUT2D eigenvalue weighted by atomic mass is 16.3. The molecule has 3 rings (SSSR count). The first-order valence-corrected chi connectivity index (χ1v) is 13.0. The molecule has 29 heavy (non-hydrogen) atoms. The zero-order valence-electron chi connectivity index (χ0n) is 22.1. The van der Waals surface area contributed by atoms with E-state index in [0.717, 1.165) is 42.9 Å². The van der Waals surface area contributed by atoms with Crippen molar-refractivity contribution in [2.24, 2.45) is 34.5 Å². The molecular formula is C28H56O. The molecular weight excluding hydrogens is 352 g/mol. The second-order valence-electron chi connectivity index (χ2n) is 9.86. The fourth-order valence-electron chi connectivity index (χ4n) is 6.72. The summed E-state index contributed by atoms with van der Waals surface area (Å²) < 4.78 is 0. The van der Waals surface area contributed by atoms with Crippen LogP contribution in [0.25, 0.3) is 0 Å². The molecule has 3 aliphatic rings. The largest absolute Gasteiger partial charge is 0.390 e. The topological polar surface area (TPSA) is 20.2 Å². The highest BCUT2D eigenvalue weighted by Gasteiger charge is 2.57. The lowest BCUT2D eigenvalue weighted by Gasteiger charge is -2.62. The molecule has 0 aromatic carbocycles. The van der Waals surface area contributed by atoms with E-state index in [-0.39, 0.29) is 5.60 Å². The lowest BCUT2D eigenvalue weighted by molar-refractivity contribution is -0.145. The Morgan fingerprint density at radius 3 is 1.97 bits per heavy atom. The Morgan fingerprint density at radius 1 is 0.931 bits per heavy atom. The molecule has 0 amide bonds. The first-order chi connectivity index (χ1) is 13.7. The van der Waals surface area contributed by atoms with E-state index in [4.69, 9.17) is 0 Å². The number of fused-ring (bicyclic) bond motifs is 3. The molecule has 0 bridgehead atoms. The Balaban J connectivity index is 0.00000120. The van der Waals surface area contributed by atoms with Gasteiger partial charge in [0.15, 0.2) is 0 Å². The maximum absolute atomic E-state index is 10.8. The van der Waals surface area contributed by atoms with Gasteiger partial charge in [-0.15, -0.1) is 0 Å². The maximum Gasteiger partial charge on any atom is 0.0648 e. The lowest BCUT2D eigenvalue weighted by atomic mass is 9.43. The van der Waals surface area contributed by atoms with Crippen molar-refractivity contribution in [3.05, 3.63) is 12.2 Å². The Morgan fingerprint density at radius 2 is 1.48 bits per heavy atom. The number of rotatable bonds is 2. The molecule has 0 aliphatic heterocycles. The second-order valence-corrected chi connectivity index (χ2v) is 9.86. The molecule has 1 nitrogen and oxygen atoms in total. The van der Waals surface area contributed by atoms with Gasteiger partial charge in [-0.2, -0.15) is 0 Å². The zero-order valence-corrected chi connectivity index (χ0v) is 22.1. The summed E-state index contributed by atoms with van der Waals surface area (Å²) in [5.41, 5.74) is 1.82. The van der Waals surface area contributed by atoms with Crippen LogP contribution < -0.4 is 0 Å². The lowest BCUT2D eigenvalue weighted by Crippen LogP contribution is -2.55. The molecule has 0 aromatic rings. The van der Waals surface area contributed by atoms with E-state index in [0.29, 0.717) is 10.8 Å². The van der Waals surface area contributed by atoms with Gasteiger partial charge in [0, 0.05) is 0 Å². The molecule has 3 aliphatic carbocycles. The van der Waals surface area contributed by atoms with Gasteiger partial charge < -0.3 is 5.11 Å². The van der Waals surface area contributed by atoms with Crippen molar-refractivity contribution in [1.29, 1.82) is 0 Å². The average Bonchev–Trinajstić information content (AvgIpc) is 2.75. The van der Waals surface area contributed by atoms with Crippen molar-refractivity contribution in [1.82, 2.24) is 0 Å². The van der Waals surface area contributed by atoms with Crippen molar-refractivity contribution >= 4 is 0 Å². The average molecular weight is 409 g/mol. The first kappa shape index (κ1) is 28.7.